The molecule has 2 aliphatic rings. The van der Waals surface area contributed by atoms with E-state index < -0.39 is 0 Å². The molecule has 1 atom stereocenters. The highest BCUT2D eigenvalue weighted by molar-refractivity contribution is 5.98. The predicted octanol–water partition coefficient (Wildman–Crippen LogP) is 1.93. The van der Waals surface area contributed by atoms with E-state index in [0.717, 1.165) is 42.8 Å². The summed E-state index contributed by atoms with van der Waals surface area (Å²) < 4.78 is 10.8. The molecule has 22 heavy (non-hydrogen) atoms. The van der Waals surface area contributed by atoms with E-state index in [1.54, 1.807) is 14.2 Å². The number of benzene rings is 1. The van der Waals surface area contributed by atoms with Crippen LogP contribution in [0.2, 0.25) is 0 Å². The lowest BCUT2D eigenvalue weighted by atomic mass is 9.96. The van der Waals surface area contributed by atoms with Crippen LogP contribution < -0.4 is 14.4 Å². The number of amides is 1. The summed E-state index contributed by atoms with van der Waals surface area (Å²) in [6.45, 7) is 0.741. The third kappa shape index (κ3) is 2.65. The molecule has 5 heteroatoms. The van der Waals surface area contributed by atoms with Gasteiger partial charge in [0.25, 0.3) is 0 Å². The van der Waals surface area contributed by atoms with Crippen molar-refractivity contribution < 1.29 is 14.3 Å². The largest absolute Gasteiger partial charge is 0.493 e. The number of carbonyl (C=O) groups is 1. The molecule has 1 unspecified atom stereocenters. The van der Waals surface area contributed by atoms with Crippen molar-refractivity contribution in [2.75, 3.05) is 39.8 Å². The SMILES string of the molecule is COc1cc2c(cc1OC)N(C(=O)C1CC1)CC(N(C)C)C2. The van der Waals surface area contributed by atoms with Gasteiger partial charge in [0.15, 0.2) is 11.5 Å². The quantitative estimate of drug-likeness (QED) is 0.852. The first kappa shape index (κ1) is 15.2. The van der Waals surface area contributed by atoms with E-state index in [4.69, 9.17) is 9.47 Å². The Balaban J connectivity index is 2.03. The molecule has 0 bridgehead atoms. The number of ether oxygens (including phenoxy) is 2. The van der Waals surface area contributed by atoms with E-state index >= 15 is 0 Å². The summed E-state index contributed by atoms with van der Waals surface area (Å²) in [6, 6.07) is 4.28. The molecule has 1 amide bonds. The molecule has 1 aromatic carbocycles. The topological polar surface area (TPSA) is 42.0 Å². The normalized spacial score (nSPS) is 20.8. The van der Waals surface area contributed by atoms with Crippen LogP contribution in [0, 0.1) is 5.92 Å². The fraction of sp³-hybridized carbons (Fsp3) is 0.588. The molecular formula is C17H24N2O3. The minimum absolute atomic E-state index is 0.210. The van der Waals surface area contributed by atoms with E-state index in [9.17, 15) is 4.79 Å². The number of hydrogen-bond acceptors (Lipinski definition) is 4. The molecule has 1 heterocycles. The third-order valence-electron chi connectivity index (χ3n) is 4.65. The van der Waals surface area contributed by atoms with Gasteiger partial charge in [-0.2, -0.15) is 0 Å². The van der Waals surface area contributed by atoms with Crippen LogP contribution in [0.15, 0.2) is 12.1 Å². The Morgan fingerprint density at radius 1 is 1.18 bits per heavy atom. The highest BCUT2D eigenvalue weighted by Crippen LogP contribution is 2.41. The lowest BCUT2D eigenvalue weighted by molar-refractivity contribution is -0.120. The van der Waals surface area contributed by atoms with Gasteiger partial charge >= 0.3 is 0 Å². The van der Waals surface area contributed by atoms with Crippen molar-refractivity contribution in [3.63, 3.8) is 0 Å². The van der Waals surface area contributed by atoms with Gasteiger partial charge in [-0.05, 0) is 45.0 Å². The zero-order chi connectivity index (χ0) is 15.9. The van der Waals surface area contributed by atoms with Crippen molar-refractivity contribution in [1.29, 1.82) is 0 Å². The van der Waals surface area contributed by atoms with Crippen LogP contribution in [0.25, 0.3) is 0 Å². The van der Waals surface area contributed by atoms with Crippen LogP contribution in [0.5, 0.6) is 11.5 Å². The van der Waals surface area contributed by atoms with Gasteiger partial charge in [-0.3, -0.25) is 4.79 Å². The minimum atomic E-state index is 0.210. The van der Waals surface area contributed by atoms with Crippen LogP contribution in [-0.2, 0) is 11.2 Å². The van der Waals surface area contributed by atoms with Gasteiger partial charge in [0.1, 0.15) is 0 Å². The van der Waals surface area contributed by atoms with Crippen molar-refractivity contribution >= 4 is 11.6 Å². The Kier molecular flexibility index (Phi) is 4.00. The molecule has 1 aliphatic carbocycles. The summed E-state index contributed by atoms with van der Waals surface area (Å²) in [5.41, 5.74) is 2.13. The summed E-state index contributed by atoms with van der Waals surface area (Å²) in [5.74, 6) is 1.86. The molecule has 0 aromatic heterocycles. The standard InChI is InChI=1S/C17H24N2O3/c1-18(2)13-7-12-8-15(21-3)16(22-4)9-14(12)19(10-13)17(20)11-5-6-11/h8-9,11,13H,5-7,10H2,1-4H3. The Bertz CT molecular complexity index is 582. The molecule has 5 nitrogen and oxygen atoms in total. The van der Waals surface area contributed by atoms with Gasteiger partial charge in [-0.1, -0.05) is 0 Å². The molecule has 0 radical (unpaired) electrons. The lowest BCUT2D eigenvalue weighted by Crippen LogP contribution is -2.48. The molecular weight excluding hydrogens is 280 g/mol. The maximum absolute atomic E-state index is 12.7. The molecule has 0 spiro atoms. The second kappa shape index (κ2) is 5.80. The Hall–Kier alpha value is -1.75. The molecule has 120 valence electrons. The highest BCUT2D eigenvalue weighted by atomic mass is 16.5. The second-order valence-electron chi connectivity index (χ2n) is 6.38. The fourth-order valence-corrected chi connectivity index (χ4v) is 3.06. The summed E-state index contributed by atoms with van der Waals surface area (Å²) >= 11 is 0. The summed E-state index contributed by atoms with van der Waals surface area (Å²) in [5, 5.41) is 0. The van der Waals surface area contributed by atoms with Gasteiger partial charge in [0.05, 0.1) is 19.9 Å². The van der Waals surface area contributed by atoms with Crippen molar-refractivity contribution in [1.82, 2.24) is 4.90 Å². The highest BCUT2D eigenvalue weighted by Gasteiger charge is 2.38. The Morgan fingerprint density at radius 3 is 2.36 bits per heavy atom. The molecule has 0 N–H and O–H groups in total. The number of likely N-dealkylation sites (N-methyl/N-ethyl adjacent to an activating group) is 1. The maximum atomic E-state index is 12.7. The van der Waals surface area contributed by atoms with E-state index in [0.29, 0.717) is 11.8 Å². The molecule has 1 fully saturated rings. The van der Waals surface area contributed by atoms with Crippen LogP contribution in [-0.4, -0.2) is 51.7 Å². The van der Waals surface area contributed by atoms with Gasteiger partial charge in [-0.25, -0.2) is 0 Å². The van der Waals surface area contributed by atoms with Crippen molar-refractivity contribution in [3.05, 3.63) is 17.7 Å². The van der Waals surface area contributed by atoms with Crippen LogP contribution in [0.4, 0.5) is 5.69 Å². The van der Waals surface area contributed by atoms with Crippen molar-refractivity contribution in [2.45, 2.75) is 25.3 Å². The number of methoxy groups -OCH3 is 2. The molecule has 1 aromatic rings. The number of nitrogens with zero attached hydrogens (tertiary/aromatic N) is 2. The second-order valence-corrected chi connectivity index (χ2v) is 6.38. The fourth-order valence-electron chi connectivity index (χ4n) is 3.06. The molecule has 1 aliphatic heterocycles. The van der Waals surface area contributed by atoms with E-state index in [2.05, 4.69) is 19.0 Å². The van der Waals surface area contributed by atoms with Gasteiger partial charge in [-0.15, -0.1) is 0 Å². The zero-order valence-corrected chi connectivity index (χ0v) is 13.8. The third-order valence-corrected chi connectivity index (χ3v) is 4.65. The number of rotatable bonds is 4. The van der Waals surface area contributed by atoms with Gasteiger partial charge < -0.3 is 19.3 Å². The Morgan fingerprint density at radius 2 is 1.82 bits per heavy atom. The van der Waals surface area contributed by atoms with Crippen molar-refractivity contribution in [3.8, 4) is 11.5 Å². The summed E-state index contributed by atoms with van der Waals surface area (Å²) in [7, 11) is 7.40. The Labute approximate surface area is 131 Å². The molecule has 0 saturated heterocycles. The summed E-state index contributed by atoms with van der Waals surface area (Å²) in [4.78, 5) is 16.8. The average Bonchev–Trinajstić information content (AvgIpc) is 3.36. The molecule has 3 rings (SSSR count). The predicted molar refractivity (Wildman–Crippen MR) is 85.8 cm³/mol. The number of fused-ring (bicyclic) bond motifs is 1. The number of hydrogen-bond donors (Lipinski definition) is 0. The summed E-state index contributed by atoms with van der Waals surface area (Å²) in [6.07, 6.45) is 2.95. The van der Waals surface area contributed by atoms with E-state index in [1.807, 2.05) is 17.0 Å². The number of carbonyl (C=O) groups excluding carboxylic acids is 1. The van der Waals surface area contributed by atoms with Gasteiger partial charge in [0.2, 0.25) is 5.91 Å². The van der Waals surface area contributed by atoms with Crippen LogP contribution >= 0.6 is 0 Å². The molecule has 1 saturated carbocycles. The smallest absolute Gasteiger partial charge is 0.230 e. The maximum Gasteiger partial charge on any atom is 0.230 e. The lowest BCUT2D eigenvalue weighted by Gasteiger charge is -2.38. The first-order valence-electron chi connectivity index (χ1n) is 7.77. The van der Waals surface area contributed by atoms with E-state index in [1.165, 1.54) is 0 Å². The average molecular weight is 304 g/mol. The monoisotopic (exact) mass is 304 g/mol. The van der Waals surface area contributed by atoms with Gasteiger partial charge in [0, 0.05) is 24.6 Å². The minimum Gasteiger partial charge on any atom is -0.493 e. The van der Waals surface area contributed by atoms with E-state index in [-0.39, 0.29) is 11.8 Å². The van der Waals surface area contributed by atoms with Crippen LogP contribution in [0.3, 0.4) is 0 Å². The first-order valence-corrected chi connectivity index (χ1v) is 7.77. The zero-order valence-electron chi connectivity index (χ0n) is 13.8. The van der Waals surface area contributed by atoms with Crippen LogP contribution in [0.1, 0.15) is 18.4 Å². The van der Waals surface area contributed by atoms with Crippen molar-refractivity contribution in [2.24, 2.45) is 5.92 Å². The first-order chi connectivity index (χ1) is 10.5. The number of anilines is 1.